The summed E-state index contributed by atoms with van der Waals surface area (Å²) >= 11 is 6.05. The molecule has 0 fully saturated rings. The summed E-state index contributed by atoms with van der Waals surface area (Å²) in [6.45, 7) is 1.92. The number of fused-ring (bicyclic) bond motifs is 1. The Morgan fingerprint density at radius 1 is 0.967 bits per heavy atom. The third-order valence-corrected chi connectivity index (χ3v) is 4.88. The number of hydrogen-bond acceptors (Lipinski definition) is 5. The first-order chi connectivity index (χ1) is 14.5. The van der Waals surface area contributed by atoms with Crippen LogP contribution in [-0.4, -0.2) is 13.1 Å². The zero-order valence-corrected chi connectivity index (χ0v) is 17.0. The number of methoxy groups -OCH3 is 1. The van der Waals surface area contributed by atoms with Crippen molar-refractivity contribution in [2.45, 2.75) is 6.92 Å². The van der Waals surface area contributed by atoms with E-state index in [1.165, 1.54) is 6.07 Å². The maximum absolute atomic E-state index is 13.2. The standard InChI is InChI=1S/C24H17ClO5/c1-14-3-5-16(6-4-14)24(27)30-23-21(26)19-13-17(25)9-12-20(19)29-22(23)15-7-10-18(28-2)11-8-15/h3-13H,1-2H3. The minimum atomic E-state index is -0.654. The Morgan fingerprint density at radius 2 is 1.67 bits per heavy atom. The maximum atomic E-state index is 13.2. The Balaban J connectivity index is 1.88. The van der Waals surface area contributed by atoms with Crippen molar-refractivity contribution < 1.29 is 18.7 Å². The lowest BCUT2D eigenvalue weighted by Crippen LogP contribution is -2.16. The molecule has 0 unspecified atom stereocenters. The van der Waals surface area contributed by atoms with Crippen molar-refractivity contribution in [2.75, 3.05) is 7.11 Å². The zero-order chi connectivity index (χ0) is 21.3. The first-order valence-corrected chi connectivity index (χ1v) is 9.53. The molecule has 0 amide bonds. The lowest BCUT2D eigenvalue weighted by molar-refractivity contribution is 0.0731. The van der Waals surface area contributed by atoms with Crippen molar-refractivity contribution >= 4 is 28.5 Å². The summed E-state index contributed by atoms with van der Waals surface area (Å²) in [7, 11) is 1.56. The molecule has 0 aliphatic carbocycles. The van der Waals surface area contributed by atoms with Gasteiger partial charge in [-0.1, -0.05) is 29.3 Å². The highest BCUT2D eigenvalue weighted by Crippen LogP contribution is 2.33. The van der Waals surface area contributed by atoms with E-state index in [-0.39, 0.29) is 16.9 Å². The highest BCUT2D eigenvalue weighted by Gasteiger charge is 2.21. The third kappa shape index (κ3) is 3.80. The van der Waals surface area contributed by atoms with Crippen LogP contribution in [0, 0.1) is 6.92 Å². The smallest absolute Gasteiger partial charge is 0.343 e. The van der Waals surface area contributed by atoms with Gasteiger partial charge < -0.3 is 13.9 Å². The first kappa shape index (κ1) is 19.7. The molecule has 0 aliphatic rings. The average Bonchev–Trinajstić information content (AvgIpc) is 2.76. The molecule has 0 saturated carbocycles. The minimum absolute atomic E-state index is 0.151. The number of rotatable bonds is 4. The Labute approximate surface area is 177 Å². The molecule has 4 rings (SSSR count). The van der Waals surface area contributed by atoms with Crippen LogP contribution in [0.15, 0.2) is 75.9 Å². The predicted molar refractivity (Wildman–Crippen MR) is 116 cm³/mol. The largest absolute Gasteiger partial charge is 0.497 e. The monoisotopic (exact) mass is 420 g/mol. The van der Waals surface area contributed by atoms with E-state index in [2.05, 4.69) is 0 Å². The van der Waals surface area contributed by atoms with Gasteiger partial charge in [0.25, 0.3) is 0 Å². The van der Waals surface area contributed by atoms with E-state index in [1.807, 2.05) is 6.92 Å². The summed E-state index contributed by atoms with van der Waals surface area (Å²) < 4.78 is 16.7. The molecule has 0 radical (unpaired) electrons. The molecule has 4 aromatic rings. The van der Waals surface area contributed by atoms with Gasteiger partial charge in [-0.2, -0.15) is 0 Å². The molecule has 0 atom stereocenters. The molecule has 6 heteroatoms. The van der Waals surface area contributed by atoms with Gasteiger partial charge in [0.15, 0.2) is 5.76 Å². The van der Waals surface area contributed by atoms with E-state index >= 15 is 0 Å². The van der Waals surface area contributed by atoms with E-state index in [9.17, 15) is 9.59 Å². The Hall–Kier alpha value is -3.57. The molecule has 0 N–H and O–H groups in total. The molecule has 1 aromatic heterocycles. The van der Waals surface area contributed by atoms with Crippen molar-refractivity contribution in [1.29, 1.82) is 0 Å². The molecule has 30 heavy (non-hydrogen) atoms. The summed E-state index contributed by atoms with van der Waals surface area (Å²) in [5.41, 5.74) is 1.75. The highest BCUT2D eigenvalue weighted by atomic mass is 35.5. The van der Waals surface area contributed by atoms with Gasteiger partial charge in [0.1, 0.15) is 11.3 Å². The topological polar surface area (TPSA) is 65.7 Å². The second-order valence-corrected chi connectivity index (χ2v) is 7.15. The van der Waals surface area contributed by atoms with Crippen molar-refractivity contribution in [3.8, 4) is 22.8 Å². The number of aryl methyl sites for hydroxylation is 1. The molecular weight excluding hydrogens is 404 g/mol. The van der Waals surface area contributed by atoms with Crippen LogP contribution in [-0.2, 0) is 0 Å². The first-order valence-electron chi connectivity index (χ1n) is 9.16. The molecule has 0 aliphatic heterocycles. The number of carbonyl (C=O) groups excluding carboxylic acids is 1. The van der Waals surface area contributed by atoms with E-state index < -0.39 is 11.4 Å². The fraction of sp³-hybridized carbons (Fsp3) is 0.0833. The van der Waals surface area contributed by atoms with Crippen LogP contribution in [0.25, 0.3) is 22.3 Å². The van der Waals surface area contributed by atoms with Gasteiger partial charge in [-0.15, -0.1) is 0 Å². The van der Waals surface area contributed by atoms with E-state index in [4.69, 9.17) is 25.5 Å². The van der Waals surface area contributed by atoms with Crippen molar-refractivity contribution in [1.82, 2.24) is 0 Å². The highest BCUT2D eigenvalue weighted by molar-refractivity contribution is 6.31. The molecule has 0 saturated heterocycles. The quantitative estimate of drug-likeness (QED) is 0.399. The van der Waals surface area contributed by atoms with Gasteiger partial charge in [-0.05, 0) is 61.5 Å². The molecule has 150 valence electrons. The fourth-order valence-corrected chi connectivity index (χ4v) is 3.19. The van der Waals surface area contributed by atoms with Crippen molar-refractivity contribution in [2.24, 2.45) is 0 Å². The average molecular weight is 421 g/mol. The van der Waals surface area contributed by atoms with Crippen LogP contribution in [0.1, 0.15) is 15.9 Å². The van der Waals surface area contributed by atoms with Gasteiger partial charge in [-0.3, -0.25) is 4.79 Å². The third-order valence-electron chi connectivity index (χ3n) is 4.64. The summed E-state index contributed by atoms with van der Waals surface area (Å²) in [4.78, 5) is 25.9. The number of halogens is 1. The van der Waals surface area contributed by atoms with Crippen molar-refractivity contribution in [3.63, 3.8) is 0 Å². The van der Waals surface area contributed by atoms with Crippen LogP contribution >= 0.6 is 11.6 Å². The van der Waals surface area contributed by atoms with Crippen LogP contribution in [0.5, 0.6) is 11.5 Å². The number of benzene rings is 3. The van der Waals surface area contributed by atoms with Gasteiger partial charge in [0, 0.05) is 10.6 Å². The van der Waals surface area contributed by atoms with Gasteiger partial charge >= 0.3 is 5.97 Å². The summed E-state index contributed by atoms with van der Waals surface area (Å²) in [5.74, 6) is -0.0521. The minimum Gasteiger partial charge on any atom is -0.497 e. The molecular formula is C24H17ClO5. The van der Waals surface area contributed by atoms with Crippen LogP contribution in [0.2, 0.25) is 5.02 Å². The number of esters is 1. The molecule has 0 bridgehead atoms. The lowest BCUT2D eigenvalue weighted by Gasteiger charge is -2.11. The molecule has 5 nitrogen and oxygen atoms in total. The maximum Gasteiger partial charge on any atom is 0.343 e. The molecule has 1 heterocycles. The molecule has 3 aromatic carbocycles. The van der Waals surface area contributed by atoms with Gasteiger partial charge in [0.05, 0.1) is 18.1 Å². The van der Waals surface area contributed by atoms with E-state index in [1.54, 1.807) is 67.8 Å². The van der Waals surface area contributed by atoms with Crippen LogP contribution < -0.4 is 14.9 Å². The van der Waals surface area contributed by atoms with E-state index in [0.717, 1.165) is 5.56 Å². The number of hydrogen-bond donors (Lipinski definition) is 0. The summed E-state index contributed by atoms with van der Waals surface area (Å²) in [6, 6.07) is 18.5. The van der Waals surface area contributed by atoms with Crippen LogP contribution in [0.4, 0.5) is 0 Å². The van der Waals surface area contributed by atoms with Gasteiger partial charge in [0.2, 0.25) is 11.2 Å². The summed E-state index contributed by atoms with van der Waals surface area (Å²) in [6.07, 6.45) is 0. The van der Waals surface area contributed by atoms with E-state index in [0.29, 0.717) is 27.5 Å². The summed E-state index contributed by atoms with van der Waals surface area (Å²) in [5, 5.41) is 0.606. The Kier molecular flexibility index (Phi) is 5.29. The Bertz CT molecular complexity index is 1290. The second-order valence-electron chi connectivity index (χ2n) is 6.71. The number of carbonyl (C=O) groups is 1. The zero-order valence-electron chi connectivity index (χ0n) is 16.3. The fourth-order valence-electron chi connectivity index (χ4n) is 3.02. The SMILES string of the molecule is COc1ccc(-c2oc3ccc(Cl)cc3c(=O)c2OC(=O)c2ccc(C)cc2)cc1. The van der Waals surface area contributed by atoms with Crippen molar-refractivity contribution in [3.05, 3.63) is 93.1 Å². The lowest BCUT2D eigenvalue weighted by atomic mass is 10.1. The number of ether oxygens (including phenoxy) is 2. The second kappa shape index (κ2) is 8.05. The predicted octanol–water partition coefficient (Wildman–Crippen LogP) is 5.65. The van der Waals surface area contributed by atoms with Gasteiger partial charge in [-0.25, -0.2) is 4.79 Å². The molecule has 0 spiro atoms. The normalized spacial score (nSPS) is 10.8. The Morgan fingerprint density at radius 3 is 2.33 bits per heavy atom. The van der Waals surface area contributed by atoms with Crippen LogP contribution in [0.3, 0.4) is 0 Å².